The monoisotopic (exact) mass is 190 g/mol. The van der Waals surface area contributed by atoms with E-state index in [0.717, 1.165) is 19.3 Å². The van der Waals surface area contributed by atoms with E-state index < -0.39 is 12.1 Å². The molecule has 0 aromatic carbocycles. The molecule has 0 aromatic heterocycles. The van der Waals surface area contributed by atoms with E-state index in [0.29, 0.717) is 19.3 Å². The molecule has 13 heavy (non-hydrogen) atoms. The van der Waals surface area contributed by atoms with Gasteiger partial charge in [-0.1, -0.05) is 26.2 Å². The van der Waals surface area contributed by atoms with Crippen molar-refractivity contribution in [1.29, 1.82) is 0 Å². The average molecular weight is 190 g/mol. The molecule has 1 N–H and O–H groups in total. The van der Waals surface area contributed by atoms with Gasteiger partial charge in [-0.05, 0) is 19.3 Å². The molecule has 0 saturated carbocycles. The van der Waals surface area contributed by atoms with E-state index in [2.05, 4.69) is 6.92 Å². The molecule has 0 heterocycles. The number of alkyl halides is 1. The maximum absolute atomic E-state index is 13.0. The first-order chi connectivity index (χ1) is 6.16. The molecule has 2 nitrogen and oxygen atoms in total. The predicted molar refractivity (Wildman–Crippen MR) is 50.5 cm³/mol. The van der Waals surface area contributed by atoms with Crippen molar-refractivity contribution in [3.8, 4) is 0 Å². The van der Waals surface area contributed by atoms with Crippen LogP contribution in [0.1, 0.15) is 51.9 Å². The van der Waals surface area contributed by atoms with Crippen LogP contribution in [-0.2, 0) is 4.79 Å². The molecule has 0 saturated heterocycles. The molecule has 0 fully saturated rings. The first-order valence-corrected chi connectivity index (χ1v) is 5.02. The van der Waals surface area contributed by atoms with E-state index in [4.69, 9.17) is 5.11 Å². The van der Waals surface area contributed by atoms with Crippen molar-refractivity contribution in [3.63, 3.8) is 0 Å². The number of hydrogen-bond acceptors (Lipinski definition) is 1. The Morgan fingerprint density at radius 1 is 1.31 bits per heavy atom. The Hall–Kier alpha value is -0.600. The first kappa shape index (κ1) is 12.4. The molecule has 0 aliphatic rings. The molecular formula is C10H19FO2. The maximum Gasteiger partial charge on any atom is 0.303 e. The van der Waals surface area contributed by atoms with E-state index in [9.17, 15) is 9.18 Å². The Kier molecular flexibility index (Phi) is 7.65. The summed E-state index contributed by atoms with van der Waals surface area (Å²) in [6, 6.07) is 0. The molecule has 1 atom stereocenters. The van der Waals surface area contributed by atoms with Crippen molar-refractivity contribution in [3.05, 3.63) is 0 Å². The van der Waals surface area contributed by atoms with Crippen LogP contribution in [0, 0.1) is 0 Å². The minimum Gasteiger partial charge on any atom is -0.481 e. The zero-order chi connectivity index (χ0) is 10.1. The number of halogens is 1. The Labute approximate surface area is 79.1 Å². The van der Waals surface area contributed by atoms with E-state index in [1.54, 1.807) is 0 Å². The number of carbonyl (C=O) groups is 1. The van der Waals surface area contributed by atoms with E-state index in [1.807, 2.05) is 0 Å². The van der Waals surface area contributed by atoms with Crippen LogP contribution in [0.15, 0.2) is 0 Å². The standard InChI is InChI=1S/C10H19FO2/c1-2-3-4-6-9(11)7-5-8-10(12)13/h9H,2-8H2,1H3,(H,12,13). The van der Waals surface area contributed by atoms with Gasteiger partial charge in [0.1, 0.15) is 6.17 Å². The van der Waals surface area contributed by atoms with Crippen LogP contribution in [0.3, 0.4) is 0 Å². The fourth-order valence-corrected chi connectivity index (χ4v) is 1.23. The Morgan fingerprint density at radius 3 is 2.46 bits per heavy atom. The Bertz CT molecular complexity index is 137. The van der Waals surface area contributed by atoms with Crippen LogP contribution in [0.2, 0.25) is 0 Å². The lowest BCUT2D eigenvalue weighted by Gasteiger charge is -2.05. The normalized spacial score (nSPS) is 12.8. The lowest BCUT2D eigenvalue weighted by Crippen LogP contribution is -2.02. The second kappa shape index (κ2) is 8.02. The summed E-state index contributed by atoms with van der Waals surface area (Å²) in [6.45, 7) is 2.08. The smallest absolute Gasteiger partial charge is 0.303 e. The molecule has 0 amide bonds. The summed E-state index contributed by atoms with van der Waals surface area (Å²) >= 11 is 0. The van der Waals surface area contributed by atoms with Crippen molar-refractivity contribution in [2.24, 2.45) is 0 Å². The van der Waals surface area contributed by atoms with Gasteiger partial charge in [-0.25, -0.2) is 4.39 Å². The highest BCUT2D eigenvalue weighted by Crippen LogP contribution is 2.12. The fourth-order valence-electron chi connectivity index (χ4n) is 1.23. The van der Waals surface area contributed by atoms with Crippen LogP contribution in [0.4, 0.5) is 4.39 Å². The van der Waals surface area contributed by atoms with Gasteiger partial charge in [-0.15, -0.1) is 0 Å². The van der Waals surface area contributed by atoms with Crippen molar-refractivity contribution in [2.75, 3.05) is 0 Å². The molecule has 0 rings (SSSR count). The van der Waals surface area contributed by atoms with Crippen LogP contribution < -0.4 is 0 Å². The Balaban J connectivity index is 3.19. The summed E-state index contributed by atoms with van der Waals surface area (Å²) in [6.07, 6.45) is 3.83. The third-order valence-electron chi connectivity index (χ3n) is 2.03. The third kappa shape index (κ3) is 9.31. The lowest BCUT2D eigenvalue weighted by atomic mass is 10.1. The second-order valence-electron chi connectivity index (χ2n) is 3.38. The number of aliphatic carboxylic acids is 1. The van der Waals surface area contributed by atoms with E-state index >= 15 is 0 Å². The predicted octanol–water partition coefficient (Wildman–Crippen LogP) is 3.16. The van der Waals surface area contributed by atoms with Gasteiger partial charge in [-0.2, -0.15) is 0 Å². The summed E-state index contributed by atoms with van der Waals surface area (Å²) < 4.78 is 13.0. The first-order valence-electron chi connectivity index (χ1n) is 5.02. The molecule has 78 valence electrons. The molecule has 0 bridgehead atoms. The van der Waals surface area contributed by atoms with Gasteiger partial charge in [0.15, 0.2) is 0 Å². The van der Waals surface area contributed by atoms with Gasteiger partial charge in [0.05, 0.1) is 0 Å². The summed E-state index contributed by atoms with van der Waals surface area (Å²) in [7, 11) is 0. The van der Waals surface area contributed by atoms with Crippen LogP contribution >= 0.6 is 0 Å². The molecule has 0 aliphatic heterocycles. The summed E-state index contributed by atoms with van der Waals surface area (Å²) in [4.78, 5) is 10.1. The van der Waals surface area contributed by atoms with Gasteiger partial charge in [0.2, 0.25) is 0 Å². The molecule has 1 unspecified atom stereocenters. The van der Waals surface area contributed by atoms with Gasteiger partial charge >= 0.3 is 5.97 Å². The minimum atomic E-state index is -0.833. The number of hydrogen-bond donors (Lipinski definition) is 1. The van der Waals surface area contributed by atoms with Crippen LogP contribution in [0.25, 0.3) is 0 Å². The van der Waals surface area contributed by atoms with Gasteiger partial charge < -0.3 is 5.11 Å². The number of carboxylic acid groups (broad SMARTS) is 1. The van der Waals surface area contributed by atoms with Gasteiger partial charge in [0.25, 0.3) is 0 Å². The largest absolute Gasteiger partial charge is 0.481 e. The number of unbranched alkanes of at least 4 members (excludes halogenated alkanes) is 2. The van der Waals surface area contributed by atoms with E-state index in [1.165, 1.54) is 0 Å². The van der Waals surface area contributed by atoms with Crippen LogP contribution in [0.5, 0.6) is 0 Å². The van der Waals surface area contributed by atoms with Crippen LogP contribution in [-0.4, -0.2) is 17.2 Å². The average Bonchev–Trinajstić information content (AvgIpc) is 2.04. The zero-order valence-corrected chi connectivity index (χ0v) is 8.26. The van der Waals surface area contributed by atoms with Crippen molar-refractivity contribution < 1.29 is 14.3 Å². The highest BCUT2D eigenvalue weighted by atomic mass is 19.1. The minimum absolute atomic E-state index is 0.0915. The van der Waals surface area contributed by atoms with Gasteiger partial charge in [0, 0.05) is 6.42 Å². The second-order valence-corrected chi connectivity index (χ2v) is 3.38. The number of rotatable bonds is 8. The van der Waals surface area contributed by atoms with E-state index in [-0.39, 0.29) is 6.42 Å². The highest BCUT2D eigenvalue weighted by Gasteiger charge is 2.06. The molecule has 0 radical (unpaired) electrons. The topological polar surface area (TPSA) is 37.3 Å². The third-order valence-corrected chi connectivity index (χ3v) is 2.03. The molecular weight excluding hydrogens is 171 g/mol. The Morgan fingerprint density at radius 2 is 1.92 bits per heavy atom. The number of carboxylic acids is 1. The summed E-state index contributed by atoms with van der Waals surface area (Å²) in [5.41, 5.74) is 0. The fraction of sp³-hybridized carbons (Fsp3) is 0.900. The van der Waals surface area contributed by atoms with Crippen molar-refractivity contribution in [2.45, 2.75) is 58.0 Å². The molecule has 3 heteroatoms. The SMILES string of the molecule is CCCCCC(F)CCCC(=O)O. The molecule has 0 aliphatic carbocycles. The maximum atomic E-state index is 13.0. The lowest BCUT2D eigenvalue weighted by molar-refractivity contribution is -0.137. The quantitative estimate of drug-likeness (QED) is 0.597. The summed E-state index contributed by atoms with van der Waals surface area (Å²) in [5, 5.41) is 8.32. The molecule has 0 aromatic rings. The van der Waals surface area contributed by atoms with Crippen molar-refractivity contribution >= 4 is 5.97 Å². The van der Waals surface area contributed by atoms with Crippen molar-refractivity contribution in [1.82, 2.24) is 0 Å². The highest BCUT2D eigenvalue weighted by molar-refractivity contribution is 5.66. The zero-order valence-electron chi connectivity index (χ0n) is 8.26. The molecule has 0 spiro atoms. The summed E-state index contributed by atoms with van der Waals surface area (Å²) in [5.74, 6) is -0.833. The van der Waals surface area contributed by atoms with Gasteiger partial charge in [-0.3, -0.25) is 4.79 Å².